The largest absolute Gasteiger partial charge is 0.493 e. The second kappa shape index (κ2) is 11.2. The molecule has 3 rings (SSSR count). The summed E-state index contributed by atoms with van der Waals surface area (Å²) in [4.78, 5) is 40.4. The van der Waals surface area contributed by atoms with Crippen molar-refractivity contribution in [1.82, 2.24) is 10.2 Å². The van der Waals surface area contributed by atoms with Crippen molar-refractivity contribution >= 4 is 23.5 Å². The number of amides is 2. The molecular formula is C24H29N3O6. The van der Waals surface area contributed by atoms with Crippen molar-refractivity contribution < 1.29 is 29.0 Å². The summed E-state index contributed by atoms with van der Waals surface area (Å²) in [7, 11) is 3.18. The lowest BCUT2D eigenvalue weighted by Gasteiger charge is -2.36. The topological polar surface area (TPSA) is 108 Å². The van der Waals surface area contributed by atoms with Crippen molar-refractivity contribution in [3.05, 3.63) is 54.1 Å². The lowest BCUT2D eigenvalue weighted by Crippen LogP contribution is -2.49. The number of aliphatic carboxylic acids is 1. The summed E-state index contributed by atoms with van der Waals surface area (Å²) in [6.45, 7) is 2.35. The van der Waals surface area contributed by atoms with E-state index in [-0.39, 0.29) is 18.7 Å². The number of ether oxygens (including phenoxy) is 2. The number of nitrogens with zero attached hydrogens (tertiary/aromatic N) is 2. The van der Waals surface area contributed by atoms with Gasteiger partial charge in [0.25, 0.3) is 5.91 Å². The van der Waals surface area contributed by atoms with E-state index in [1.165, 1.54) is 0 Å². The Morgan fingerprint density at radius 1 is 0.970 bits per heavy atom. The average Bonchev–Trinajstić information content (AvgIpc) is 2.86. The minimum absolute atomic E-state index is 0.0304. The van der Waals surface area contributed by atoms with Crippen LogP contribution in [0.2, 0.25) is 0 Å². The third kappa shape index (κ3) is 6.15. The lowest BCUT2D eigenvalue weighted by atomic mass is 10.1. The van der Waals surface area contributed by atoms with Crippen molar-refractivity contribution in [1.29, 1.82) is 0 Å². The van der Waals surface area contributed by atoms with E-state index in [4.69, 9.17) is 9.47 Å². The number of carbonyl (C=O) groups is 3. The summed E-state index contributed by atoms with van der Waals surface area (Å²) in [5.74, 6) is -0.459. The minimum atomic E-state index is -1.16. The number of anilines is 1. The number of piperazine rings is 1. The normalized spacial score (nSPS) is 14.4. The molecule has 0 bridgehead atoms. The van der Waals surface area contributed by atoms with Gasteiger partial charge in [0.15, 0.2) is 11.5 Å². The number of rotatable bonds is 9. The summed E-state index contributed by atoms with van der Waals surface area (Å²) in [6, 6.07) is 13.0. The first kappa shape index (κ1) is 23.9. The first-order valence-corrected chi connectivity index (χ1v) is 10.8. The van der Waals surface area contributed by atoms with E-state index >= 15 is 0 Å². The predicted octanol–water partition coefficient (Wildman–Crippen LogP) is 2.02. The van der Waals surface area contributed by atoms with Crippen LogP contribution in [0, 0.1) is 0 Å². The highest BCUT2D eigenvalue weighted by atomic mass is 16.5. The number of carboxylic acid groups (broad SMARTS) is 1. The molecule has 2 amide bonds. The number of benzene rings is 2. The molecule has 2 aromatic rings. The van der Waals surface area contributed by atoms with Crippen LogP contribution in [-0.4, -0.2) is 74.2 Å². The molecule has 0 aliphatic carbocycles. The fourth-order valence-corrected chi connectivity index (χ4v) is 3.75. The van der Waals surface area contributed by atoms with Gasteiger partial charge in [-0.05, 0) is 30.7 Å². The van der Waals surface area contributed by atoms with E-state index in [9.17, 15) is 19.5 Å². The fraction of sp³-hybridized carbons (Fsp3) is 0.375. The van der Waals surface area contributed by atoms with Crippen LogP contribution in [0.3, 0.4) is 0 Å². The number of hydrogen-bond donors (Lipinski definition) is 2. The maximum absolute atomic E-state index is 12.7. The zero-order valence-electron chi connectivity index (χ0n) is 18.8. The Labute approximate surface area is 192 Å². The summed E-state index contributed by atoms with van der Waals surface area (Å²) < 4.78 is 10.6. The molecule has 1 saturated heterocycles. The molecule has 1 aliphatic rings. The second-order valence-corrected chi connectivity index (χ2v) is 7.68. The smallest absolute Gasteiger partial charge is 0.326 e. The van der Waals surface area contributed by atoms with Crippen LogP contribution < -0.4 is 19.7 Å². The number of methoxy groups -OCH3 is 2. The molecular weight excluding hydrogens is 426 g/mol. The predicted molar refractivity (Wildman–Crippen MR) is 123 cm³/mol. The first-order valence-electron chi connectivity index (χ1n) is 10.8. The van der Waals surface area contributed by atoms with Crippen LogP contribution in [0.5, 0.6) is 11.5 Å². The van der Waals surface area contributed by atoms with Crippen molar-refractivity contribution in [2.24, 2.45) is 0 Å². The average molecular weight is 456 g/mol. The number of nitrogens with one attached hydrogen (secondary N) is 1. The highest BCUT2D eigenvalue weighted by Gasteiger charge is 2.25. The molecule has 2 aromatic carbocycles. The van der Waals surface area contributed by atoms with Gasteiger partial charge in [0.2, 0.25) is 5.91 Å². The number of hydrogen-bond acceptors (Lipinski definition) is 6. The van der Waals surface area contributed by atoms with Crippen molar-refractivity contribution in [2.75, 3.05) is 45.3 Å². The molecule has 9 heteroatoms. The van der Waals surface area contributed by atoms with E-state index in [0.717, 1.165) is 5.69 Å². The molecule has 1 aliphatic heterocycles. The summed E-state index contributed by atoms with van der Waals surface area (Å²) >= 11 is 0. The van der Waals surface area contributed by atoms with Gasteiger partial charge in [-0.2, -0.15) is 0 Å². The third-order valence-electron chi connectivity index (χ3n) is 5.65. The molecule has 0 spiro atoms. The molecule has 176 valence electrons. The molecule has 9 nitrogen and oxygen atoms in total. The van der Waals surface area contributed by atoms with E-state index in [1.807, 2.05) is 18.2 Å². The SMILES string of the molecule is COc1ccc(N2CCN(C(=O)CC[C@H](NC(=O)c3ccccc3)C(=O)O)CC2)cc1OC. The minimum Gasteiger partial charge on any atom is -0.493 e. The summed E-state index contributed by atoms with van der Waals surface area (Å²) in [5.41, 5.74) is 1.36. The molecule has 2 N–H and O–H groups in total. The van der Waals surface area contributed by atoms with Crippen LogP contribution in [0.4, 0.5) is 5.69 Å². The zero-order valence-corrected chi connectivity index (χ0v) is 18.8. The number of carbonyl (C=O) groups excluding carboxylic acids is 2. The lowest BCUT2D eigenvalue weighted by molar-refractivity contribution is -0.139. The molecule has 0 unspecified atom stereocenters. The quantitative estimate of drug-likeness (QED) is 0.595. The molecule has 1 heterocycles. The van der Waals surface area contributed by atoms with Gasteiger partial charge < -0.3 is 29.7 Å². The second-order valence-electron chi connectivity index (χ2n) is 7.68. The van der Waals surface area contributed by atoms with Gasteiger partial charge in [0, 0.05) is 49.9 Å². The van der Waals surface area contributed by atoms with Crippen molar-refractivity contribution in [3.8, 4) is 11.5 Å². The number of carboxylic acids is 1. The maximum atomic E-state index is 12.7. The van der Waals surface area contributed by atoms with Crippen LogP contribution in [0.25, 0.3) is 0 Å². The van der Waals surface area contributed by atoms with Gasteiger partial charge in [0.05, 0.1) is 14.2 Å². The van der Waals surface area contributed by atoms with E-state index in [2.05, 4.69) is 10.2 Å². The summed E-state index contributed by atoms with van der Waals surface area (Å²) in [5, 5.41) is 12.0. The van der Waals surface area contributed by atoms with E-state index in [0.29, 0.717) is 43.2 Å². The van der Waals surface area contributed by atoms with Gasteiger partial charge in [-0.25, -0.2) is 4.79 Å². The molecule has 0 radical (unpaired) electrons. The van der Waals surface area contributed by atoms with Crippen LogP contribution >= 0.6 is 0 Å². The monoisotopic (exact) mass is 455 g/mol. The highest BCUT2D eigenvalue weighted by Crippen LogP contribution is 2.31. The Morgan fingerprint density at radius 3 is 2.24 bits per heavy atom. The first-order chi connectivity index (χ1) is 15.9. The maximum Gasteiger partial charge on any atom is 0.326 e. The summed E-state index contributed by atoms with van der Waals surface area (Å²) in [6.07, 6.45) is 0.0744. The Hall–Kier alpha value is -3.75. The van der Waals surface area contributed by atoms with Crippen molar-refractivity contribution in [2.45, 2.75) is 18.9 Å². The van der Waals surface area contributed by atoms with Crippen LogP contribution in [0.15, 0.2) is 48.5 Å². The van der Waals surface area contributed by atoms with E-state index < -0.39 is 17.9 Å². The highest BCUT2D eigenvalue weighted by molar-refractivity contribution is 5.96. The Balaban J connectivity index is 1.51. The molecule has 0 aromatic heterocycles. The third-order valence-corrected chi connectivity index (χ3v) is 5.65. The Bertz CT molecular complexity index is 973. The van der Waals surface area contributed by atoms with E-state index in [1.54, 1.807) is 49.5 Å². The van der Waals surface area contributed by atoms with Gasteiger partial charge in [-0.3, -0.25) is 9.59 Å². The molecule has 33 heavy (non-hydrogen) atoms. The van der Waals surface area contributed by atoms with Gasteiger partial charge in [-0.1, -0.05) is 18.2 Å². The fourth-order valence-electron chi connectivity index (χ4n) is 3.75. The zero-order chi connectivity index (χ0) is 23.8. The molecule has 0 saturated carbocycles. The van der Waals surface area contributed by atoms with Crippen LogP contribution in [-0.2, 0) is 9.59 Å². The van der Waals surface area contributed by atoms with Gasteiger partial charge >= 0.3 is 5.97 Å². The van der Waals surface area contributed by atoms with Gasteiger partial charge in [0.1, 0.15) is 6.04 Å². The van der Waals surface area contributed by atoms with Gasteiger partial charge in [-0.15, -0.1) is 0 Å². The Kier molecular flexibility index (Phi) is 8.12. The molecule has 1 fully saturated rings. The van der Waals surface area contributed by atoms with Crippen molar-refractivity contribution in [3.63, 3.8) is 0 Å². The van der Waals surface area contributed by atoms with Crippen LogP contribution in [0.1, 0.15) is 23.2 Å². The molecule has 1 atom stereocenters. The Morgan fingerprint density at radius 2 is 1.64 bits per heavy atom. The standard InChI is InChI=1S/C24H29N3O6/c1-32-20-10-8-18(16-21(20)33-2)26-12-14-27(15-13-26)22(28)11-9-19(24(30)31)25-23(29)17-6-4-3-5-7-17/h3-8,10,16,19H,9,11-15H2,1-2H3,(H,25,29)(H,30,31)/t19-/m0/s1.